The molecule has 4 nitrogen and oxygen atoms in total. The maximum absolute atomic E-state index is 10.2. The first-order valence-corrected chi connectivity index (χ1v) is 4.80. The van der Waals surface area contributed by atoms with Gasteiger partial charge in [0.15, 0.2) is 0 Å². The van der Waals surface area contributed by atoms with E-state index in [1.54, 1.807) is 0 Å². The molecule has 0 aromatic heterocycles. The van der Waals surface area contributed by atoms with Gasteiger partial charge in [-0.05, 0) is 18.8 Å². The van der Waals surface area contributed by atoms with E-state index in [4.69, 9.17) is 5.11 Å². The first-order valence-electron chi connectivity index (χ1n) is 4.80. The fourth-order valence-electron chi connectivity index (χ4n) is 1.74. The number of amides is 1. The van der Waals surface area contributed by atoms with Crippen LogP contribution in [0.3, 0.4) is 0 Å². The molecule has 0 aromatic rings. The Morgan fingerprint density at radius 3 is 2.62 bits per heavy atom. The summed E-state index contributed by atoms with van der Waals surface area (Å²) in [6, 6.07) is 1.12. The Labute approximate surface area is 78.7 Å². The first-order chi connectivity index (χ1) is 6.08. The maximum Gasteiger partial charge on any atom is 0.404 e. The summed E-state index contributed by atoms with van der Waals surface area (Å²) in [5, 5.41) is 14.2. The van der Waals surface area contributed by atoms with Crippen molar-refractivity contribution < 1.29 is 9.90 Å². The molecule has 13 heavy (non-hydrogen) atoms. The summed E-state index contributed by atoms with van der Waals surface area (Å²) in [4.78, 5) is 10.2. The molecule has 76 valence electrons. The molecule has 1 aliphatic carbocycles. The van der Waals surface area contributed by atoms with Crippen LogP contribution in [0.4, 0.5) is 4.79 Å². The predicted molar refractivity (Wildman–Crippen MR) is 50.8 cm³/mol. The summed E-state index contributed by atoms with van der Waals surface area (Å²) in [6.45, 7) is 4.86. The molecule has 0 spiro atoms. The van der Waals surface area contributed by atoms with Gasteiger partial charge in [0.05, 0.1) is 0 Å². The molecular weight excluding hydrogens is 168 g/mol. The third-order valence-electron chi connectivity index (χ3n) is 2.35. The smallest absolute Gasteiger partial charge is 0.404 e. The van der Waals surface area contributed by atoms with Crippen molar-refractivity contribution in [2.75, 3.05) is 6.54 Å². The lowest BCUT2D eigenvalue weighted by Crippen LogP contribution is -2.47. The molecule has 1 amide bonds. The van der Waals surface area contributed by atoms with E-state index in [2.05, 4.69) is 24.5 Å². The van der Waals surface area contributed by atoms with Gasteiger partial charge in [0.2, 0.25) is 0 Å². The summed E-state index contributed by atoms with van der Waals surface area (Å²) in [5.41, 5.74) is 0. The van der Waals surface area contributed by atoms with Crippen LogP contribution in [0.5, 0.6) is 0 Å². The highest BCUT2D eigenvalue weighted by atomic mass is 16.4. The van der Waals surface area contributed by atoms with E-state index < -0.39 is 6.09 Å². The van der Waals surface area contributed by atoms with Crippen LogP contribution in [-0.2, 0) is 0 Å². The van der Waals surface area contributed by atoms with Gasteiger partial charge >= 0.3 is 6.09 Å². The van der Waals surface area contributed by atoms with Crippen molar-refractivity contribution in [3.05, 3.63) is 0 Å². The first kappa shape index (κ1) is 10.3. The zero-order valence-electron chi connectivity index (χ0n) is 8.21. The van der Waals surface area contributed by atoms with Crippen LogP contribution in [0.15, 0.2) is 0 Å². The molecule has 1 saturated carbocycles. The number of carboxylic acid groups (broad SMARTS) is 1. The number of hydrogen-bond acceptors (Lipinski definition) is 2. The molecule has 0 unspecified atom stereocenters. The molecule has 3 N–H and O–H groups in total. The minimum absolute atomic E-state index is 0.526. The fourth-order valence-corrected chi connectivity index (χ4v) is 1.74. The molecule has 0 aromatic carbocycles. The van der Waals surface area contributed by atoms with E-state index in [0.717, 1.165) is 12.8 Å². The number of rotatable bonds is 4. The Kier molecular flexibility index (Phi) is 3.54. The summed E-state index contributed by atoms with van der Waals surface area (Å²) >= 11 is 0. The summed E-state index contributed by atoms with van der Waals surface area (Å²) < 4.78 is 0. The van der Waals surface area contributed by atoms with Gasteiger partial charge in [-0.25, -0.2) is 4.79 Å². The lowest BCUT2D eigenvalue weighted by atomic mass is 9.80. The van der Waals surface area contributed by atoms with Gasteiger partial charge < -0.3 is 15.7 Å². The Hall–Kier alpha value is -0.770. The van der Waals surface area contributed by atoms with E-state index in [-0.39, 0.29) is 0 Å². The van der Waals surface area contributed by atoms with E-state index >= 15 is 0 Å². The standard InChI is InChI=1S/C9H18N2O2/c1-6(2)11-8-3-7(4-8)5-10-9(12)13/h6-8,10-11H,3-5H2,1-2H3,(H,12,13). The van der Waals surface area contributed by atoms with Crippen molar-refractivity contribution >= 4 is 6.09 Å². The minimum atomic E-state index is -0.916. The largest absolute Gasteiger partial charge is 0.465 e. The van der Waals surface area contributed by atoms with Crippen LogP contribution in [0.2, 0.25) is 0 Å². The van der Waals surface area contributed by atoms with E-state index in [1.165, 1.54) is 0 Å². The zero-order valence-corrected chi connectivity index (χ0v) is 8.21. The molecule has 0 radical (unpaired) electrons. The Morgan fingerprint density at radius 2 is 2.15 bits per heavy atom. The van der Waals surface area contributed by atoms with Gasteiger partial charge in [-0.3, -0.25) is 0 Å². The van der Waals surface area contributed by atoms with E-state index in [9.17, 15) is 4.79 Å². The second-order valence-electron chi connectivity index (χ2n) is 4.04. The van der Waals surface area contributed by atoms with Crippen LogP contribution >= 0.6 is 0 Å². The van der Waals surface area contributed by atoms with Crippen molar-refractivity contribution in [3.8, 4) is 0 Å². The summed E-state index contributed by atoms with van der Waals surface area (Å²) in [5.74, 6) is 0.535. The van der Waals surface area contributed by atoms with E-state index in [1.807, 2.05) is 0 Å². The molecule has 1 fully saturated rings. The zero-order chi connectivity index (χ0) is 9.84. The van der Waals surface area contributed by atoms with Gasteiger partial charge in [-0.15, -0.1) is 0 Å². The van der Waals surface area contributed by atoms with Crippen molar-refractivity contribution in [1.82, 2.24) is 10.6 Å². The highest BCUT2D eigenvalue weighted by Gasteiger charge is 2.29. The topological polar surface area (TPSA) is 61.4 Å². The molecule has 0 saturated heterocycles. The minimum Gasteiger partial charge on any atom is -0.465 e. The van der Waals surface area contributed by atoms with Crippen LogP contribution in [0, 0.1) is 5.92 Å². The van der Waals surface area contributed by atoms with Crippen molar-refractivity contribution in [3.63, 3.8) is 0 Å². The fraction of sp³-hybridized carbons (Fsp3) is 0.889. The van der Waals surface area contributed by atoms with E-state index in [0.29, 0.717) is 24.5 Å². The average Bonchev–Trinajstić information content (AvgIpc) is 1.92. The Balaban J connectivity index is 2.02. The SMILES string of the molecule is CC(C)NC1CC(CNC(=O)O)C1. The number of nitrogens with one attached hydrogen (secondary N) is 2. The second-order valence-corrected chi connectivity index (χ2v) is 4.04. The van der Waals surface area contributed by atoms with Crippen LogP contribution in [0.1, 0.15) is 26.7 Å². The van der Waals surface area contributed by atoms with Gasteiger partial charge in [0.1, 0.15) is 0 Å². The van der Waals surface area contributed by atoms with Gasteiger partial charge in [-0.1, -0.05) is 13.8 Å². The molecule has 0 bridgehead atoms. The molecule has 1 rings (SSSR count). The third-order valence-corrected chi connectivity index (χ3v) is 2.35. The molecule has 0 heterocycles. The van der Waals surface area contributed by atoms with Gasteiger partial charge in [0.25, 0.3) is 0 Å². The third kappa shape index (κ3) is 3.63. The van der Waals surface area contributed by atoms with Crippen LogP contribution in [-0.4, -0.2) is 29.8 Å². The second kappa shape index (κ2) is 4.46. The van der Waals surface area contributed by atoms with Crippen molar-refractivity contribution in [2.45, 2.75) is 38.8 Å². The van der Waals surface area contributed by atoms with Crippen LogP contribution < -0.4 is 10.6 Å². The molecule has 1 aliphatic rings. The molecular formula is C9H18N2O2. The van der Waals surface area contributed by atoms with Crippen molar-refractivity contribution in [1.29, 1.82) is 0 Å². The molecule has 0 aliphatic heterocycles. The van der Waals surface area contributed by atoms with Gasteiger partial charge in [-0.2, -0.15) is 0 Å². The predicted octanol–water partition coefficient (Wildman–Crippen LogP) is 1.03. The van der Waals surface area contributed by atoms with Crippen LogP contribution in [0.25, 0.3) is 0 Å². The number of carbonyl (C=O) groups is 1. The lowest BCUT2D eigenvalue weighted by molar-refractivity contribution is 0.175. The normalized spacial score (nSPS) is 27.0. The monoisotopic (exact) mass is 186 g/mol. The molecule has 0 atom stereocenters. The van der Waals surface area contributed by atoms with Gasteiger partial charge in [0, 0.05) is 18.6 Å². The highest BCUT2D eigenvalue weighted by molar-refractivity contribution is 5.64. The summed E-state index contributed by atoms with van der Waals surface area (Å²) in [6.07, 6.45) is 1.27. The maximum atomic E-state index is 10.2. The summed E-state index contributed by atoms with van der Waals surface area (Å²) in [7, 11) is 0. The average molecular weight is 186 g/mol. The quantitative estimate of drug-likeness (QED) is 0.614. The highest BCUT2D eigenvalue weighted by Crippen LogP contribution is 2.26. The number of hydrogen-bond donors (Lipinski definition) is 3. The van der Waals surface area contributed by atoms with Crippen molar-refractivity contribution in [2.24, 2.45) is 5.92 Å². The lowest BCUT2D eigenvalue weighted by Gasteiger charge is -2.37. The Morgan fingerprint density at radius 1 is 1.54 bits per heavy atom. The Bertz CT molecular complexity index is 176. The molecule has 4 heteroatoms.